The molecular weight excluding hydrogens is 244 g/mol. The lowest BCUT2D eigenvalue weighted by atomic mass is 10.2. The molecule has 2 unspecified atom stereocenters. The highest BCUT2D eigenvalue weighted by molar-refractivity contribution is 7.99. The van der Waals surface area contributed by atoms with E-state index in [0.29, 0.717) is 17.9 Å². The maximum Gasteiger partial charge on any atom is 0.327 e. The van der Waals surface area contributed by atoms with Crippen LogP contribution in [0.3, 0.4) is 0 Å². The molecule has 6 nitrogen and oxygen atoms in total. The minimum absolute atomic E-state index is 0.0484. The lowest BCUT2D eigenvalue weighted by molar-refractivity contribution is -0.140. The Bertz CT molecular complexity index is 321. The third-order valence-electron chi connectivity index (χ3n) is 2.36. The van der Waals surface area contributed by atoms with Crippen LogP contribution in [0.4, 0.5) is 0 Å². The Morgan fingerprint density at radius 2 is 2.35 bits per heavy atom. The van der Waals surface area contributed by atoms with Gasteiger partial charge in [-0.15, -0.1) is 0 Å². The highest BCUT2D eigenvalue weighted by Gasteiger charge is 2.22. The van der Waals surface area contributed by atoms with Crippen molar-refractivity contribution in [2.24, 2.45) is 0 Å². The lowest BCUT2D eigenvalue weighted by Gasteiger charge is -2.14. The summed E-state index contributed by atoms with van der Waals surface area (Å²) in [6, 6.07) is -0.742. The molecule has 0 saturated carbocycles. The molecule has 2 atom stereocenters. The number of hydrogen-bond donors (Lipinski definition) is 3. The summed E-state index contributed by atoms with van der Waals surface area (Å²) in [5.41, 5.74) is 0. The van der Waals surface area contributed by atoms with Gasteiger partial charge in [0.2, 0.25) is 11.8 Å². The number of carboxylic acids is 1. The van der Waals surface area contributed by atoms with Crippen molar-refractivity contribution in [3.63, 3.8) is 0 Å². The van der Waals surface area contributed by atoms with Crippen molar-refractivity contribution in [3.8, 4) is 0 Å². The average Bonchev–Trinajstić information content (AvgIpc) is 2.62. The van der Waals surface area contributed by atoms with Crippen LogP contribution in [-0.4, -0.2) is 46.5 Å². The molecule has 1 rings (SSSR count). The number of thioether (sulfide) groups is 1. The lowest BCUT2D eigenvalue weighted by Crippen LogP contribution is -2.41. The summed E-state index contributed by atoms with van der Waals surface area (Å²) in [4.78, 5) is 32.5. The summed E-state index contributed by atoms with van der Waals surface area (Å²) in [5, 5.41) is 14.0. The number of amides is 2. The summed E-state index contributed by atoms with van der Waals surface area (Å²) in [6.07, 6.45) is 1.34. The van der Waals surface area contributed by atoms with Gasteiger partial charge < -0.3 is 15.7 Å². The first-order valence-electron chi connectivity index (χ1n) is 5.36. The fourth-order valence-electron chi connectivity index (χ4n) is 1.55. The zero-order valence-electron chi connectivity index (χ0n) is 9.56. The van der Waals surface area contributed by atoms with E-state index < -0.39 is 12.0 Å². The van der Waals surface area contributed by atoms with Crippen LogP contribution < -0.4 is 10.6 Å². The van der Waals surface area contributed by atoms with Gasteiger partial charge in [-0.1, -0.05) is 0 Å². The Morgan fingerprint density at radius 1 is 1.65 bits per heavy atom. The molecule has 0 radical (unpaired) electrons. The fourth-order valence-corrected chi connectivity index (χ4v) is 2.68. The number of carbonyl (C=O) groups is 3. The Hall–Kier alpha value is -1.24. The van der Waals surface area contributed by atoms with Crippen molar-refractivity contribution in [1.29, 1.82) is 0 Å². The topological polar surface area (TPSA) is 95.5 Å². The normalized spacial score (nSPS) is 20.8. The van der Waals surface area contributed by atoms with Crippen LogP contribution >= 0.6 is 11.8 Å². The van der Waals surface area contributed by atoms with Crippen LogP contribution in [0.1, 0.15) is 19.8 Å². The molecule has 0 aliphatic carbocycles. The Balaban J connectivity index is 2.25. The van der Waals surface area contributed by atoms with Crippen molar-refractivity contribution >= 4 is 29.5 Å². The van der Waals surface area contributed by atoms with Gasteiger partial charge in [-0.3, -0.25) is 9.59 Å². The van der Waals surface area contributed by atoms with Gasteiger partial charge in [0.1, 0.15) is 6.04 Å². The molecule has 0 spiro atoms. The van der Waals surface area contributed by atoms with Gasteiger partial charge in [0.15, 0.2) is 0 Å². The molecule has 0 aromatic carbocycles. The first-order valence-corrected chi connectivity index (χ1v) is 6.51. The molecule has 0 aromatic rings. The molecular formula is C10H16N2O4S. The summed E-state index contributed by atoms with van der Waals surface area (Å²) in [6.45, 7) is 1.29. The summed E-state index contributed by atoms with van der Waals surface area (Å²) < 4.78 is 0. The minimum Gasteiger partial charge on any atom is -0.480 e. The predicted octanol–water partition coefficient (Wildman–Crippen LogP) is -0.412. The molecule has 96 valence electrons. The Morgan fingerprint density at radius 3 is 2.82 bits per heavy atom. The standard InChI is InChI=1S/C10H16N2O4S/c1-6(13)11-8(10(15)16)5-17-4-7-2-3-9(14)12-7/h7-8H,2-5H2,1H3,(H,11,13)(H,12,14)(H,15,16). The van der Waals surface area contributed by atoms with E-state index in [-0.39, 0.29) is 17.9 Å². The quantitative estimate of drug-likeness (QED) is 0.603. The van der Waals surface area contributed by atoms with Crippen LogP contribution in [0.5, 0.6) is 0 Å². The minimum atomic E-state index is -1.04. The second kappa shape index (κ2) is 6.48. The van der Waals surface area contributed by atoms with Crippen molar-refractivity contribution in [2.75, 3.05) is 11.5 Å². The van der Waals surface area contributed by atoms with Crippen molar-refractivity contribution in [2.45, 2.75) is 31.8 Å². The first kappa shape index (κ1) is 13.8. The highest BCUT2D eigenvalue weighted by Crippen LogP contribution is 2.13. The van der Waals surface area contributed by atoms with Gasteiger partial charge in [-0.25, -0.2) is 4.79 Å². The molecule has 1 heterocycles. The summed E-state index contributed by atoms with van der Waals surface area (Å²) in [7, 11) is 0. The maximum atomic E-state index is 10.9. The maximum absolute atomic E-state index is 10.9. The van der Waals surface area contributed by atoms with E-state index in [4.69, 9.17) is 5.11 Å². The summed E-state index contributed by atoms with van der Waals surface area (Å²) >= 11 is 1.42. The van der Waals surface area contributed by atoms with E-state index in [1.54, 1.807) is 0 Å². The molecule has 1 aliphatic rings. The number of aliphatic carboxylic acids is 1. The molecule has 2 amide bonds. The van der Waals surface area contributed by atoms with Gasteiger partial charge in [0.25, 0.3) is 0 Å². The summed E-state index contributed by atoms with van der Waals surface area (Å²) in [5.74, 6) is -0.362. The Labute approximate surface area is 104 Å². The van der Waals surface area contributed by atoms with E-state index in [1.807, 2.05) is 0 Å². The SMILES string of the molecule is CC(=O)NC(CSCC1CCC(=O)N1)C(=O)O. The molecule has 1 aliphatic heterocycles. The average molecular weight is 260 g/mol. The number of hydrogen-bond acceptors (Lipinski definition) is 4. The zero-order valence-corrected chi connectivity index (χ0v) is 10.4. The van der Waals surface area contributed by atoms with E-state index in [2.05, 4.69) is 10.6 Å². The number of carboxylic acid groups (broad SMARTS) is 1. The third-order valence-corrected chi connectivity index (χ3v) is 3.57. The third kappa shape index (κ3) is 5.08. The number of carbonyl (C=O) groups excluding carboxylic acids is 2. The fraction of sp³-hybridized carbons (Fsp3) is 0.700. The van der Waals surface area contributed by atoms with Crippen molar-refractivity contribution < 1.29 is 19.5 Å². The van der Waals surface area contributed by atoms with E-state index in [0.717, 1.165) is 6.42 Å². The molecule has 7 heteroatoms. The molecule has 1 fully saturated rings. The molecule has 1 saturated heterocycles. The second-order valence-corrected chi connectivity index (χ2v) is 5.01. The Kier molecular flexibility index (Phi) is 5.27. The van der Waals surface area contributed by atoms with Crippen LogP contribution in [0.2, 0.25) is 0 Å². The number of rotatable bonds is 6. The molecule has 3 N–H and O–H groups in total. The van der Waals surface area contributed by atoms with Crippen LogP contribution in [0.25, 0.3) is 0 Å². The van der Waals surface area contributed by atoms with Gasteiger partial charge in [-0.05, 0) is 6.42 Å². The number of nitrogens with one attached hydrogen (secondary N) is 2. The van der Waals surface area contributed by atoms with Crippen molar-refractivity contribution in [3.05, 3.63) is 0 Å². The van der Waals surface area contributed by atoms with E-state index in [9.17, 15) is 14.4 Å². The predicted molar refractivity (Wildman–Crippen MR) is 63.7 cm³/mol. The highest BCUT2D eigenvalue weighted by atomic mass is 32.2. The van der Waals surface area contributed by atoms with Gasteiger partial charge in [0.05, 0.1) is 0 Å². The van der Waals surface area contributed by atoms with Gasteiger partial charge >= 0.3 is 5.97 Å². The second-order valence-electron chi connectivity index (χ2n) is 3.93. The van der Waals surface area contributed by atoms with Crippen LogP contribution in [0.15, 0.2) is 0 Å². The van der Waals surface area contributed by atoms with Crippen LogP contribution in [0, 0.1) is 0 Å². The van der Waals surface area contributed by atoms with Crippen molar-refractivity contribution in [1.82, 2.24) is 10.6 Å². The van der Waals surface area contributed by atoms with E-state index >= 15 is 0 Å². The zero-order chi connectivity index (χ0) is 12.8. The van der Waals surface area contributed by atoms with Gasteiger partial charge in [-0.2, -0.15) is 11.8 Å². The molecule has 0 aromatic heterocycles. The monoisotopic (exact) mass is 260 g/mol. The molecule has 0 bridgehead atoms. The van der Waals surface area contributed by atoms with Gasteiger partial charge in [0, 0.05) is 30.9 Å². The van der Waals surface area contributed by atoms with E-state index in [1.165, 1.54) is 18.7 Å². The first-order chi connectivity index (χ1) is 7.99. The smallest absolute Gasteiger partial charge is 0.327 e. The largest absolute Gasteiger partial charge is 0.480 e. The van der Waals surface area contributed by atoms with Crippen LogP contribution in [-0.2, 0) is 14.4 Å². The molecule has 17 heavy (non-hydrogen) atoms.